The Morgan fingerprint density at radius 2 is 2.42 bits per heavy atom. The van der Waals surface area contributed by atoms with Crippen molar-refractivity contribution in [2.24, 2.45) is 5.92 Å². The third-order valence-electron chi connectivity index (χ3n) is 3.31. The molecule has 19 heavy (non-hydrogen) atoms. The van der Waals surface area contributed by atoms with Gasteiger partial charge in [-0.2, -0.15) is 5.26 Å². The first-order valence-corrected chi connectivity index (χ1v) is 6.43. The van der Waals surface area contributed by atoms with Crippen molar-refractivity contribution < 1.29 is 9.53 Å². The van der Waals surface area contributed by atoms with Crippen LogP contribution in [0.1, 0.15) is 24.8 Å². The fourth-order valence-electron chi connectivity index (χ4n) is 2.35. The number of nitrogens with zero attached hydrogens (tertiary/aromatic N) is 2. The number of carbonyl (C=O) groups is 1. The highest BCUT2D eigenvalue weighted by Gasteiger charge is 2.34. The van der Waals surface area contributed by atoms with Gasteiger partial charge in [-0.3, -0.25) is 4.79 Å². The monoisotopic (exact) mass is 279 g/mol. The van der Waals surface area contributed by atoms with E-state index >= 15 is 0 Å². The van der Waals surface area contributed by atoms with Gasteiger partial charge in [0.05, 0.1) is 23.6 Å². The summed E-state index contributed by atoms with van der Waals surface area (Å²) >= 11 is 6.06. The summed E-state index contributed by atoms with van der Waals surface area (Å²) in [6.45, 7) is 0. The Bertz CT molecular complexity index is 527. The molecule has 2 unspecified atom stereocenters. The normalized spacial score (nSPS) is 21.7. The summed E-state index contributed by atoms with van der Waals surface area (Å²) in [5.74, 6) is 0.125. The summed E-state index contributed by atoms with van der Waals surface area (Å²) in [6.07, 6.45) is 4.09. The van der Waals surface area contributed by atoms with Crippen LogP contribution in [0.2, 0.25) is 5.02 Å². The summed E-state index contributed by atoms with van der Waals surface area (Å²) in [7, 11) is 1.39. The van der Waals surface area contributed by atoms with Crippen molar-refractivity contribution in [3.63, 3.8) is 0 Å². The van der Waals surface area contributed by atoms with Gasteiger partial charge in [0.25, 0.3) is 0 Å². The maximum atomic E-state index is 11.6. The Balaban J connectivity index is 2.12. The van der Waals surface area contributed by atoms with Crippen molar-refractivity contribution >= 4 is 23.4 Å². The molecule has 0 radical (unpaired) electrons. The van der Waals surface area contributed by atoms with E-state index in [0.717, 1.165) is 19.3 Å². The van der Waals surface area contributed by atoms with Gasteiger partial charge in [-0.15, -0.1) is 0 Å². The van der Waals surface area contributed by atoms with Gasteiger partial charge >= 0.3 is 5.97 Å². The van der Waals surface area contributed by atoms with E-state index in [1.165, 1.54) is 13.3 Å². The molecule has 100 valence electrons. The number of carbonyl (C=O) groups excluding carboxylic acids is 1. The van der Waals surface area contributed by atoms with Gasteiger partial charge in [0, 0.05) is 12.2 Å². The van der Waals surface area contributed by atoms with Crippen LogP contribution in [0.5, 0.6) is 0 Å². The number of aromatic nitrogens is 1. The minimum Gasteiger partial charge on any atom is -0.469 e. The zero-order chi connectivity index (χ0) is 13.8. The average Bonchev–Trinajstić information content (AvgIpc) is 2.88. The fraction of sp³-hybridized carbons (Fsp3) is 0.462. The molecular weight excluding hydrogens is 266 g/mol. The Morgan fingerprint density at radius 1 is 1.63 bits per heavy atom. The lowest BCUT2D eigenvalue weighted by molar-refractivity contribution is -0.145. The first kappa shape index (κ1) is 13.6. The van der Waals surface area contributed by atoms with Gasteiger partial charge in [0.1, 0.15) is 11.9 Å². The lowest BCUT2D eigenvalue weighted by atomic mass is 10.0. The second-order valence-electron chi connectivity index (χ2n) is 4.48. The molecule has 1 N–H and O–H groups in total. The molecule has 1 saturated carbocycles. The van der Waals surface area contributed by atoms with Crippen LogP contribution in [0, 0.1) is 17.2 Å². The number of methoxy groups -OCH3 is 1. The summed E-state index contributed by atoms with van der Waals surface area (Å²) in [4.78, 5) is 15.8. The van der Waals surface area contributed by atoms with Crippen LogP contribution in [0.25, 0.3) is 0 Å². The second kappa shape index (κ2) is 5.89. The standard InChI is InChI=1S/C13H14ClN3O2/c1-19-13(18)9-3-2-4-11(9)17-12-10(14)5-8(6-15)7-16-12/h5,7,9,11H,2-4H2,1H3,(H,16,17). The molecule has 1 aromatic heterocycles. The molecule has 0 aromatic carbocycles. The van der Waals surface area contributed by atoms with E-state index in [0.29, 0.717) is 16.4 Å². The van der Waals surface area contributed by atoms with Crippen molar-refractivity contribution in [1.82, 2.24) is 4.98 Å². The molecule has 1 heterocycles. The van der Waals surface area contributed by atoms with Crippen molar-refractivity contribution in [2.45, 2.75) is 25.3 Å². The largest absolute Gasteiger partial charge is 0.469 e. The Morgan fingerprint density at radius 3 is 3.05 bits per heavy atom. The van der Waals surface area contributed by atoms with E-state index in [1.807, 2.05) is 6.07 Å². The van der Waals surface area contributed by atoms with E-state index in [2.05, 4.69) is 10.3 Å². The van der Waals surface area contributed by atoms with E-state index < -0.39 is 0 Å². The van der Waals surface area contributed by atoms with Crippen molar-refractivity contribution in [3.8, 4) is 6.07 Å². The summed E-state index contributed by atoms with van der Waals surface area (Å²) in [6, 6.07) is 3.51. The number of rotatable bonds is 3. The molecule has 2 rings (SSSR count). The molecule has 1 aliphatic rings. The van der Waals surface area contributed by atoms with Crippen LogP contribution in [0.15, 0.2) is 12.3 Å². The Kier molecular flexibility index (Phi) is 4.23. The molecule has 2 atom stereocenters. The first-order chi connectivity index (χ1) is 9.15. The molecule has 0 amide bonds. The molecule has 0 aliphatic heterocycles. The third-order valence-corrected chi connectivity index (χ3v) is 3.60. The Hall–Kier alpha value is -1.80. The summed E-state index contributed by atoms with van der Waals surface area (Å²) < 4.78 is 4.79. The number of halogens is 1. The maximum absolute atomic E-state index is 11.6. The summed E-state index contributed by atoms with van der Waals surface area (Å²) in [5.41, 5.74) is 0.409. The van der Waals surface area contributed by atoms with Crippen molar-refractivity contribution in [3.05, 3.63) is 22.8 Å². The second-order valence-corrected chi connectivity index (χ2v) is 4.88. The predicted molar refractivity (Wildman–Crippen MR) is 70.7 cm³/mol. The topological polar surface area (TPSA) is 75.0 Å². The summed E-state index contributed by atoms with van der Waals surface area (Å²) in [5, 5.41) is 12.3. The molecule has 1 fully saturated rings. The van der Waals surface area contributed by atoms with E-state index in [1.54, 1.807) is 6.07 Å². The number of anilines is 1. The van der Waals surface area contributed by atoms with Crippen LogP contribution >= 0.6 is 11.6 Å². The van der Waals surface area contributed by atoms with Gasteiger partial charge in [-0.1, -0.05) is 18.0 Å². The molecule has 0 spiro atoms. The molecule has 1 aliphatic carbocycles. The van der Waals surface area contributed by atoms with E-state index in [-0.39, 0.29) is 17.9 Å². The zero-order valence-corrected chi connectivity index (χ0v) is 11.3. The number of ether oxygens (including phenoxy) is 1. The van der Waals surface area contributed by atoms with Gasteiger partial charge in [0.15, 0.2) is 0 Å². The van der Waals surface area contributed by atoms with Crippen molar-refractivity contribution in [2.75, 3.05) is 12.4 Å². The van der Waals surface area contributed by atoms with Crippen molar-refractivity contribution in [1.29, 1.82) is 5.26 Å². The third kappa shape index (κ3) is 2.96. The lowest BCUT2D eigenvalue weighted by Gasteiger charge is -2.20. The Labute approximate surface area is 116 Å². The average molecular weight is 280 g/mol. The lowest BCUT2D eigenvalue weighted by Crippen LogP contribution is -2.31. The number of hydrogen-bond acceptors (Lipinski definition) is 5. The van der Waals surface area contributed by atoms with Crippen LogP contribution in [0.4, 0.5) is 5.82 Å². The van der Waals surface area contributed by atoms with Gasteiger partial charge in [0.2, 0.25) is 0 Å². The highest BCUT2D eigenvalue weighted by molar-refractivity contribution is 6.33. The highest BCUT2D eigenvalue weighted by Crippen LogP contribution is 2.31. The minimum atomic E-state index is -0.209. The van der Waals surface area contributed by atoms with Crippen LogP contribution in [0.3, 0.4) is 0 Å². The predicted octanol–water partition coefficient (Wildman–Crippen LogP) is 2.36. The van der Waals surface area contributed by atoms with E-state index in [4.69, 9.17) is 21.6 Å². The number of pyridine rings is 1. The van der Waals surface area contributed by atoms with Crippen LogP contribution in [-0.4, -0.2) is 24.1 Å². The van der Waals surface area contributed by atoms with E-state index in [9.17, 15) is 4.79 Å². The maximum Gasteiger partial charge on any atom is 0.310 e. The SMILES string of the molecule is COC(=O)C1CCCC1Nc1ncc(C#N)cc1Cl. The molecule has 1 aromatic rings. The number of esters is 1. The molecule has 0 saturated heterocycles. The smallest absolute Gasteiger partial charge is 0.310 e. The van der Waals surface area contributed by atoms with Gasteiger partial charge < -0.3 is 10.1 Å². The first-order valence-electron chi connectivity index (χ1n) is 6.05. The molecule has 6 heteroatoms. The molecule has 0 bridgehead atoms. The van der Waals surface area contributed by atoms with Crippen LogP contribution in [-0.2, 0) is 9.53 Å². The molecular formula is C13H14ClN3O2. The fourth-order valence-corrected chi connectivity index (χ4v) is 2.57. The highest BCUT2D eigenvalue weighted by atomic mass is 35.5. The minimum absolute atomic E-state index is 0.0228. The quantitative estimate of drug-likeness (QED) is 0.860. The van der Waals surface area contributed by atoms with Crippen LogP contribution < -0.4 is 5.32 Å². The molecule has 5 nitrogen and oxygen atoms in total. The number of hydrogen-bond donors (Lipinski definition) is 1. The number of nitrogens with one attached hydrogen (secondary N) is 1. The zero-order valence-electron chi connectivity index (χ0n) is 10.5. The van der Waals surface area contributed by atoms with Gasteiger partial charge in [-0.25, -0.2) is 4.98 Å². The number of nitriles is 1. The van der Waals surface area contributed by atoms with Gasteiger partial charge in [-0.05, 0) is 18.9 Å².